The summed E-state index contributed by atoms with van der Waals surface area (Å²) in [5.41, 5.74) is 6.41. The van der Waals surface area contributed by atoms with Crippen molar-refractivity contribution in [1.29, 1.82) is 0 Å². The molecule has 0 spiro atoms. The molecule has 0 saturated carbocycles. The number of carbonyl (C=O) groups is 2. The lowest BCUT2D eigenvalue weighted by Crippen LogP contribution is -2.41. The minimum atomic E-state index is -0.359. The smallest absolute Gasteiger partial charge is 0.258 e. The van der Waals surface area contributed by atoms with E-state index in [9.17, 15) is 14.4 Å². The van der Waals surface area contributed by atoms with E-state index in [0.717, 1.165) is 5.56 Å². The van der Waals surface area contributed by atoms with E-state index in [4.69, 9.17) is 5.73 Å². The average molecular weight is 368 g/mol. The summed E-state index contributed by atoms with van der Waals surface area (Å²) in [6.45, 7) is 1.13. The molecule has 2 aliphatic rings. The summed E-state index contributed by atoms with van der Waals surface area (Å²) in [5, 5.41) is 2.72. The zero-order valence-corrected chi connectivity index (χ0v) is 14.6. The van der Waals surface area contributed by atoms with Crippen molar-refractivity contribution in [2.24, 2.45) is 11.7 Å². The van der Waals surface area contributed by atoms with Crippen molar-refractivity contribution in [2.45, 2.75) is 25.2 Å². The van der Waals surface area contributed by atoms with Gasteiger partial charge in [0.15, 0.2) is 0 Å². The first kappa shape index (κ1) is 17.2. The van der Waals surface area contributed by atoms with Crippen LogP contribution < -0.4 is 21.5 Å². The van der Waals surface area contributed by atoms with Crippen LogP contribution >= 0.6 is 0 Å². The molecule has 0 aliphatic carbocycles. The summed E-state index contributed by atoms with van der Waals surface area (Å²) in [6.07, 6.45) is 4.69. The van der Waals surface area contributed by atoms with Gasteiger partial charge in [-0.15, -0.1) is 0 Å². The number of aromatic nitrogens is 3. The molecule has 1 atom stereocenters. The lowest BCUT2D eigenvalue weighted by molar-refractivity contribution is -0.122. The first-order valence-corrected chi connectivity index (χ1v) is 8.91. The number of piperidine rings is 1. The number of hydrogen-bond acceptors (Lipinski definition) is 6. The Hall–Kier alpha value is -3.23. The van der Waals surface area contributed by atoms with Crippen LogP contribution in [-0.2, 0) is 9.59 Å². The summed E-state index contributed by atoms with van der Waals surface area (Å²) < 4.78 is 0. The maximum Gasteiger partial charge on any atom is 0.258 e. The molecule has 4 heterocycles. The quantitative estimate of drug-likeness (QED) is 0.715. The van der Waals surface area contributed by atoms with Crippen molar-refractivity contribution in [2.75, 3.05) is 23.3 Å². The highest BCUT2D eigenvalue weighted by molar-refractivity contribution is 5.94. The topological polar surface area (TPSA) is 134 Å². The van der Waals surface area contributed by atoms with Gasteiger partial charge in [0.1, 0.15) is 5.82 Å². The molecule has 4 rings (SSSR count). The molecule has 2 aliphatic heterocycles. The number of hydrogen-bond donors (Lipinski definition) is 3. The number of anilines is 2. The van der Waals surface area contributed by atoms with Gasteiger partial charge >= 0.3 is 0 Å². The molecule has 0 unspecified atom stereocenters. The van der Waals surface area contributed by atoms with E-state index in [-0.39, 0.29) is 35.6 Å². The Morgan fingerprint density at radius 1 is 1.19 bits per heavy atom. The van der Waals surface area contributed by atoms with Gasteiger partial charge in [0.2, 0.25) is 17.8 Å². The molecule has 2 amide bonds. The molecule has 0 aromatic carbocycles. The van der Waals surface area contributed by atoms with E-state index >= 15 is 0 Å². The van der Waals surface area contributed by atoms with Crippen molar-refractivity contribution in [3.05, 3.63) is 46.0 Å². The second-order valence-corrected chi connectivity index (χ2v) is 6.90. The molecular weight excluding hydrogens is 348 g/mol. The average Bonchev–Trinajstić information content (AvgIpc) is 2.67. The Morgan fingerprint density at radius 2 is 1.89 bits per heavy atom. The number of rotatable bonds is 3. The fourth-order valence-electron chi connectivity index (χ4n) is 3.77. The van der Waals surface area contributed by atoms with Crippen LogP contribution in [0.3, 0.4) is 0 Å². The molecular formula is C18H20N6O3. The maximum atomic E-state index is 12.8. The van der Waals surface area contributed by atoms with E-state index in [2.05, 4.69) is 20.3 Å². The molecule has 9 heteroatoms. The molecule has 2 aromatic heterocycles. The maximum absolute atomic E-state index is 12.8. The van der Waals surface area contributed by atoms with Crippen LogP contribution in [0.2, 0.25) is 0 Å². The van der Waals surface area contributed by atoms with Gasteiger partial charge in [-0.1, -0.05) is 0 Å². The SMILES string of the molecule is NC(=O)C1CCN(c2nc3c(c(=O)[nH]2)[C@H](c2ccncc2)CC(=O)N3)CC1. The second kappa shape index (κ2) is 6.82. The highest BCUT2D eigenvalue weighted by Gasteiger charge is 2.32. The van der Waals surface area contributed by atoms with Gasteiger partial charge in [0.25, 0.3) is 5.56 Å². The molecule has 2 aromatic rings. The minimum absolute atomic E-state index is 0.152. The first-order valence-electron chi connectivity index (χ1n) is 8.91. The number of nitrogens with zero attached hydrogens (tertiary/aromatic N) is 3. The van der Waals surface area contributed by atoms with Gasteiger partial charge in [-0.2, -0.15) is 4.98 Å². The molecule has 4 N–H and O–H groups in total. The number of primary amides is 1. The van der Waals surface area contributed by atoms with E-state index in [0.29, 0.717) is 43.3 Å². The van der Waals surface area contributed by atoms with Gasteiger partial charge < -0.3 is 16.0 Å². The number of aromatic amines is 1. The van der Waals surface area contributed by atoms with Gasteiger partial charge in [0, 0.05) is 43.7 Å². The Balaban J connectivity index is 1.67. The van der Waals surface area contributed by atoms with E-state index in [1.807, 2.05) is 4.90 Å². The summed E-state index contributed by atoms with van der Waals surface area (Å²) in [4.78, 5) is 49.6. The number of amides is 2. The lowest BCUT2D eigenvalue weighted by atomic mass is 9.87. The van der Waals surface area contributed by atoms with Crippen LogP contribution in [0.4, 0.5) is 11.8 Å². The fourth-order valence-corrected chi connectivity index (χ4v) is 3.77. The standard InChI is InChI=1S/C18H20N6O3/c19-15(26)11-3-7-24(8-4-11)18-22-16-14(17(27)23-18)12(9-13(25)21-16)10-1-5-20-6-2-10/h1-2,5-6,11-12H,3-4,7-9H2,(H2,19,26)(H2,21,22,23,25,27)/t12-/m0/s1. The summed E-state index contributed by atoms with van der Waals surface area (Å²) >= 11 is 0. The third-order valence-corrected chi connectivity index (χ3v) is 5.24. The van der Waals surface area contributed by atoms with Crippen LogP contribution in [0.5, 0.6) is 0 Å². The number of pyridine rings is 1. The number of nitrogens with two attached hydrogens (primary N) is 1. The van der Waals surface area contributed by atoms with Crippen molar-refractivity contribution in [3.8, 4) is 0 Å². The molecule has 1 fully saturated rings. The van der Waals surface area contributed by atoms with Gasteiger partial charge in [-0.05, 0) is 30.5 Å². The van der Waals surface area contributed by atoms with E-state index in [1.54, 1.807) is 24.5 Å². The van der Waals surface area contributed by atoms with Crippen LogP contribution in [0.1, 0.15) is 36.3 Å². The highest BCUT2D eigenvalue weighted by atomic mass is 16.2. The molecule has 1 saturated heterocycles. The molecule has 140 valence electrons. The third-order valence-electron chi connectivity index (χ3n) is 5.24. The number of fused-ring (bicyclic) bond motifs is 1. The number of nitrogens with one attached hydrogen (secondary N) is 2. The Kier molecular flexibility index (Phi) is 4.35. The normalized spacial score (nSPS) is 20.1. The monoisotopic (exact) mass is 368 g/mol. The van der Waals surface area contributed by atoms with Crippen molar-refractivity contribution >= 4 is 23.6 Å². The lowest BCUT2D eigenvalue weighted by Gasteiger charge is -2.32. The largest absolute Gasteiger partial charge is 0.369 e. The van der Waals surface area contributed by atoms with Crippen LogP contribution in [0, 0.1) is 5.92 Å². The number of carbonyl (C=O) groups excluding carboxylic acids is 2. The Labute approximate surface area is 155 Å². The van der Waals surface area contributed by atoms with Gasteiger partial charge in [-0.3, -0.25) is 24.4 Å². The minimum Gasteiger partial charge on any atom is -0.369 e. The molecule has 9 nitrogen and oxygen atoms in total. The second-order valence-electron chi connectivity index (χ2n) is 6.90. The van der Waals surface area contributed by atoms with E-state index in [1.165, 1.54) is 0 Å². The summed E-state index contributed by atoms with van der Waals surface area (Å²) in [5.74, 6) is -0.292. The number of H-pyrrole nitrogens is 1. The predicted molar refractivity (Wildman–Crippen MR) is 98.3 cm³/mol. The zero-order chi connectivity index (χ0) is 19.0. The summed E-state index contributed by atoms with van der Waals surface area (Å²) in [7, 11) is 0. The van der Waals surface area contributed by atoms with Crippen molar-refractivity contribution in [3.63, 3.8) is 0 Å². The Bertz CT molecular complexity index is 934. The van der Waals surface area contributed by atoms with E-state index < -0.39 is 0 Å². The molecule has 27 heavy (non-hydrogen) atoms. The third kappa shape index (κ3) is 3.27. The molecule has 0 bridgehead atoms. The van der Waals surface area contributed by atoms with Gasteiger partial charge in [-0.25, -0.2) is 0 Å². The van der Waals surface area contributed by atoms with Crippen LogP contribution in [-0.4, -0.2) is 39.9 Å². The predicted octanol–water partition coefficient (Wildman–Crippen LogP) is 0.341. The molecule has 0 radical (unpaired) electrons. The first-order chi connectivity index (χ1) is 13.0. The van der Waals surface area contributed by atoms with Crippen molar-refractivity contribution in [1.82, 2.24) is 15.0 Å². The highest BCUT2D eigenvalue weighted by Crippen LogP contribution is 2.34. The van der Waals surface area contributed by atoms with Crippen LogP contribution in [0.25, 0.3) is 0 Å². The fraction of sp³-hybridized carbons (Fsp3) is 0.389. The van der Waals surface area contributed by atoms with Gasteiger partial charge in [0.05, 0.1) is 5.56 Å². The van der Waals surface area contributed by atoms with Crippen molar-refractivity contribution < 1.29 is 9.59 Å². The van der Waals surface area contributed by atoms with Crippen LogP contribution in [0.15, 0.2) is 29.3 Å². The Morgan fingerprint density at radius 3 is 2.56 bits per heavy atom. The summed E-state index contributed by atoms with van der Waals surface area (Å²) in [6, 6.07) is 3.60. The zero-order valence-electron chi connectivity index (χ0n) is 14.6.